The van der Waals surface area contributed by atoms with Crippen molar-refractivity contribution < 1.29 is 19.5 Å². The number of hydrogen-bond donors (Lipinski definition) is 4. The molecule has 0 aliphatic carbocycles. The van der Waals surface area contributed by atoms with E-state index in [4.69, 9.17) is 5.11 Å². The number of aromatic amines is 1. The number of benzene rings is 1. The summed E-state index contributed by atoms with van der Waals surface area (Å²) in [6, 6.07) is 5.77. The number of amides is 2. The molecule has 0 saturated carbocycles. The van der Waals surface area contributed by atoms with Crippen molar-refractivity contribution in [2.24, 2.45) is 0 Å². The summed E-state index contributed by atoms with van der Waals surface area (Å²) in [4.78, 5) is 50.4. The van der Waals surface area contributed by atoms with Gasteiger partial charge in [-0.1, -0.05) is 31.9 Å². The molecular weight excluding hydrogens is 338 g/mol. The third kappa shape index (κ3) is 4.69. The first kappa shape index (κ1) is 19.2. The van der Waals surface area contributed by atoms with Gasteiger partial charge in [-0.15, -0.1) is 0 Å². The molecular formula is C18H21N3O5. The largest absolute Gasteiger partial charge is 0.480 e. The molecule has 8 nitrogen and oxygen atoms in total. The van der Waals surface area contributed by atoms with E-state index in [2.05, 4.69) is 15.6 Å². The molecule has 26 heavy (non-hydrogen) atoms. The molecule has 1 heterocycles. The Kier molecular flexibility index (Phi) is 6.48. The zero-order valence-electron chi connectivity index (χ0n) is 14.4. The topological polar surface area (TPSA) is 128 Å². The summed E-state index contributed by atoms with van der Waals surface area (Å²) < 4.78 is 0. The maximum atomic E-state index is 12.3. The van der Waals surface area contributed by atoms with E-state index in [1.54, 1.807) is 24.3 Å². The first-order valence-corrected chi connectivity index (χ1v) is 8.34. The van der Waals surface area contributed by atoms with Crippen LogP contribution in [0.2, 0.25) is 0 Å². The molecule has 4 N–H and O–H groups in total. The Morgan fingerprint density at radius 2 is 1.96 bits per heavy atom. The number of pyridine rings is 1. The SMILES string of the molecule is CCCC[C@H](NC(=O)CNC(=O)c1c[nH]c2ccccc2c1=O)C(=O)O. The van der Waals surface area contributed by atoms with Gasteiger partial charge in [-0.05, 0) is 18.6 Å². The number of fused-ring (bicyclic) bond motifs is 1. The lowest BCUT2D eigenvalue weighted by Crippen LogP contribution is -2.45. The molecule has 0 bridgehead atoms. The fourth-order valence-corrected chi connectivity index (χ4v) is 2.50. The molecule has 0 unspecified atom stereocenters. The van der Waals surface area contributed by atoms with Crippen LogP contribution in [0.1, 0.15) is 36.5 Å². The van der Waals surface area contributed by atoms with Crippen LogP contribution in [-0.4, -0.2) is 40.5 Å². The molecule has 2 rings (SSSR count). The highest BCUT2D eigenvalue weighted by molar-refractivity contribution is 5.99. The van der Waals surface area contributed by atoms with Crippen molar-refractivity contribution >= 4 is 28.7 Å². The van der Waals surface area contributed by atoms with Crippen molar-refractivity contribution in [3.63, 3.8) is 0 Å². The molecule has 0 aliphatic rings. The molecule has 1 aromatic carbocycles. The van der Waals surface area contributed by atoms with Crippen LogP contribution < -0.4 is 16.1 Å². The zero-order valence-corrected chi connectivity index (χ0v) is 14.4. The smallest absolute Gasteiger partial charge is 0.326 e. The fraction of sp³-hybridized carbons (Fsp3) is 0.333. The van der Waals surface area contributed by atoms with Crippen molar-refractivity contribution in [2.75, 3.05) is 6.54 Å². The molecule has 0 aliphatic heterocycles. The number of unbranched alkanes of at least 4 members (excludes halogenated alkanes) is 1. The highest BCUT2D eigenvalue weighted by Gasteiger charge is 2.20. The van der Waals surface area contributed by atoms with Gasteiger partial charge in [-0.2, -0.15) is 0 Å². The highest BCUT2D eigenvalue weighted by Crippen LogP contribution is 2.07. The summed E-state index contributed by atoms with van der Waals surface area (Å²) in [6.07, 6.45) is 3.08. The van der Waals surface area contributed by atoms with Crippen LogP contribution in [0.15, 0.2) is 35.3 Å². The molecule has 0 fully saturated rings. The summed E-state index contributed by atoms with van der Waals surface area (Å²) in [5, 5.41) is 14.2. The normalized spacial score (nSPS) is 11.7. The Bertz CT molecular complexity index is 875. The number of hydrogen-bond acceptors (Lipinski definition) is 4. The summed E-state index contributed by atoms with van der Waals surface area (Å²) in [5.74, 6) is -2.45. The van der Waals surface area contributed by atoms with Crippen LogP contribution in [0.25, 0.3) is 10.9 Å². The van der Waals surface area contributed by atoms with E-state index in [1.165, 1.54) is 6.20 Å². The second-order valence-corrected chi connectivity index (χ2v) is 5.86. The van der Waals surface area contributed by atoms with Crippen molar-refractivity contribution in [1.82, 2.24) is 15.6 Å². The van der Waals surface area contributed by atoms with Crippen molar-refractivity contribution in [2.45, 2.75) is 32.2 Å². The predicted octanol–water partition coefficient (Wildman–Crippen LogP) is 1.02. The summed E-state index contributed by atoms with van der Waals surface area (Å²) >= 11 is 0. The average Bonchev–Trinajstić information content (AvgIpc) is 2.63. The van der Waals surface area contributed by atoms with Gasteiger partial charge in [-0.25, -0.2) is 4.79 Å². The summed E-state index contributed by atoms with van der Waals surface area (Å²) in [6.45, 7) is 1.50. The van der Waals surface area contributed by atoms with Gasteiger partial charge < -0.3 is 20.7 Å². The summed E-state index contributed by atoms with van der Waals surface area (Å²) in [7, 11) is 0. The minimum atomic E-state index is -1.12. The Balaban J connectivity index is 2.00. The van der Waals surface area contributed by atoms with Crippen LogP contribution >= 0.6 is 0 Å². The van der Waals surface area contributed by atoms with Crippen LogP contribution in [0.3, 0.4) is 0 Å². The number of carbonyl (C=O) groups is 3. The number of carbonyl (C=O) groups excluding carboxylic acids is 2. The first-order valence-electron chi connectivity index (χ1n) is 8.34. The molecule has 0 saturated heterocycles. The van der Waals surface area contributed by atoms with Gasteiger partial charge in [0.15, 0.2) is 0 Å². The molecule has 138 valence electrons. The van der Waals surface area contributed by atoms with E-state index in [1.807, 2.05) is 6.92 Å². The van der Waals surface area contributed by atoms with Crippen molar-refractivity contribution in [3.05, 3.63) is 46.2 Å². The number of aromatic nitrogens is 1. The van der Waals surface area contributed by atoms with Gasteiger partial charge in [0.25, 0.3) is 5.91 Å². The van der Waals surface area contributed by atoms with E-state index in [0.717, 1.165) is 6.42 Å². The standard InChI is InChI=1S/C18H21N3O5/c1-2-3-7-14(18(25)26)21-15(22)10-20-17(24)12-9-19-13-8-5-4-6-11(13)16(12)23/h4-6,8-9,14H,2-3,7,10H2,1H3,(H,19,23)(H,20,24)(H,21,22)(H,25,26)/t14-/m0/s1. The van der Waals surface area contributed by atoms with E-state index in [0.29, 0.717) is 23.7 Å². The minimum Gasteiger partial charge on any atom is -0.480 e. The Hall–Kier alpha value is -3.16. The maximum Gasteiger partial charge on any atom is 0.326 e. The fourth-order valence-electron chi connectivity index (χ4n) is 2.50. The molecule has 2 aromatic rings. The van der Waals surface area contributed by atoms with Gasteiger partial charge in [0, 0.05) is 17.1 Å². The number of para-hydroxylation sites is 1. The second kappa shape index (κ2) is 8.80. The lowest BCUT2D eigenvalue weighted by Gasteiger charge is -2.14. The minimum absolute atomic E-state index is 0.114. The first-order chi connectivity index (χ1) is 12.4. The molecule has 2 amide bonds. The molecule has 1 aromatic heterocycles. The van der Waals surface area contributed by atoms with Gasteiger partial charge in [0.05, 0.1) is 6.54 Å². The van der Waals surface area contributed by atoms with Gasteiger partial charge in [-0.3, -0.25) is 14.4 Å². The quantitative estimate of drug-likeness (QED) is 0.559. The number of nitrogens with one attached hydrogen (secondary N) is 3. The highest BCUT2D eigenvalue weighted by atomic mass is 16.4. The number of carboxylic acid groups (broad SMARTS) is 1. The van der Waals surface area contributed by atoms with Crippen LogP contribution in [0.5, 0.6) is 0 Å². The average molecular weight is 359 g/mol. The monoisotopic (exact) mass is 359 g/mol. The molecule has 8 heteroatoms. The van der Waals surface area contributed by atoms with E-state index in [9.17, 15) is 19.2 Å². The van der Waals surface area contributed by atoms with E-state index >= 15 is 0 Å². The maximum absolute atomic E-state index is 12.3. The number of aliphatic carboxylic acids is 1. The lowest BCUT2D eigenvalue weighted by atomic mass is 10.1. The van der Waals surface area contributed by atoms with Gasteiger partial charge in [0.1, 0.15) is 11.6 Å². The number of H-pyrrole nitrogens is 1. The Morgan fingerprint density at radius 1 is 1.23 bits per heavy atom. The van der Waals surface area contributed by atoms with Crippen LogP contribution in [0.4, 0.5) is 0 Å². The van der Waals surface area contributed by atoms with E-state index < -0.39 is 35.8 Å². The zero-order chi connectivity index (χ0) is 19.1. The molecule has 0 spiro atoms. The third-order valence-electron chi connectivity index (χ3n) is 3.92. The number of carboxylic acids is 1. The Morgan fingerprint density at radius 3 is 2.65 bits per heavy atom. The van der Waals surface area contributed by atoms with Crippen LogP contribution in [-0.2, 0) is 9.59 Å². The van der Waals surface area contributed by atoms with Crippen molar-refractivity contribution in [3.8, 4) is 0 Å². The predicted molar refractivity (Wildman–Crippen MR) is 96.0 cm³/mol. The molecule has 0 radical (unpaired) electrons. The lowest BCUT2D eigenvalue weighted by molar-refractivity contribution is -0.141. The van der Waals surface area contributed by atoms with Gasteiger partial charge in [0.2, 0.25) is 11.3 Å². The number of rotatable bonds is 8. The van der Waals surface area contributed by atoms with Crippen LogP contribution in [0, 0.1) is 0 Å². The van der Waals surface area contributed by atoms with Crippen molar-refractivity contribution in [1.29, 1.82) is 0 Å². The molecule has 1 atom stereocenters. The third-order valence-corrected chi connectivity index (χ3v) is 3.92. The Labute approximate surface area is 149 Å². The van der Waals surface area contributed by atoms with E-state index in [-0.39, 0.29) is 5.56 Å². The van der Waals surface area contributed by atoms with Gasteiger partial charge >= 0.3 is 5.97 Å². The second-order valence-electron chi connectivity index (χ2n) is 5.86. The summed E-state index contributed by atoms with van der Waals surface area (Å²) in [5.41, 5.74) is 0.0490.